The van der Waals surface area contributed by atoms with Gasteiger partial charge in [-0.2, -0.15) is 5.10 Å². The van der Waals surface area contributed by atoms with Crippen molar-refractivity contribution in [2.75, 3.05) is 5.32 Å². The number of hydrogen-bond donors (Lipinski definition) is 3. The van der Waals surface area contributed by atoms with Crippen LogP contribution >= 0.6 is 11.6 Å². The van der Waals surface area contributed by atoms with Crippen LogP contribution in [0.1, 0.15) is 25.7 Å². The van der Waals surface area contributed by atoms with Gasteiger partial charge in [-0.05, 0) is 43.6 Å². The van der Waals surface area contributed by atoms with Crippen LogP contribution < -0.4 is 11.1 Å². The number of H-pyrrole nitrogens is 1. The SMILES string of the molecule is NC(=O)[C@H]1C2CCC(CC2)C1Nc1nc(-c2[nH]nc3ncc(Cl)cc23)c(F)cc1F. The Bertz CT molecular complexity index is 1140. The summed E-state index contributed by atoms with van der Waals surface area (Å²) in [6, 6.07) is 2.03. The van der Waals surface area contributed by atoms with E-state index in [2.05, 4.69) is 25.5 Å². The summed E-state index contributed by atoms with van der Waals surface area (Å²) >= 11 is 6.01. The largest absolute Gasteiger partial charge is 0.369 e. The molecule has 10 heteroatoms. The zero-order valence-electron chi connectivity index (χ0n) is 15.8. The molecule has 6 rings (SSSR count). The molecule has 0 radical (unpaired) electrons. The van der Waals surface area contributed by atoms with E-state index < -0.39 is 23.5 Å². The third kappa shape index (κ3) is 3.08. The summed E-state index contributed by atoms with van der Waals surface area (Å²) in [5.74, 6) is -2.22. The van der Waals surface area contributed by atoms with Gasteiger partial charge in [0.1, 0.15) is 5.69 Å². The number of amides is 1. The lowest BCUT2D eigenvalue weighted by molar-refractivity contribution is -0.127. The minimum atomic E-state index is -0.847. The van der Waals surface area contributed by atoms with Crippen molar-refractivity contribution in [2.45, 2.75) is 31.7 Å². The smallest absolute Gasteiger partial charge is 0.222 e. The number of pyridine rings is 2. The molecule has 0 aromatic carbocycles. The van der Waals surface area contributed by atoms with Gasteiger partial charge in [0.25, 0.3) is 0 Å². The Morgan fingerprint density at radius 3 is 2.63 bits per heavy atom. The predicted molar refractivity (Wildman–Crippen MR) is 108 cm³/mol. The fourth-order valence-electron chi connectivity index (χ4n) is 5.02. The summed E-state index contributed by atoms with van der Waals surface area (Å²) in [5.41, 5.74) is 6.14. The molecule has 0 aliphatic heterocycles. The van der Waals surface area contributed by atoms with Gasteiger partial charge >= 0.3 is 0 Å². The number of primary amides is 1. The minimum Gasteiger partial charge on any atom is -0.369 e. The lowest BCUT2D eigenvalue weighted by Gasteiger charge is -2.47. The monoisotopic (exact) mass is 432 g/mol. The zero-order valence-corrected chi connectivity index (χ0v) is 16.6. The van der Waals surface area contributed by atoms with E-state index in [1.54, 1.807) is 6.07 Å². The van der Waals surface area contributed by atoms with Crippen molar-refractivity contribution >= 4 is 34.4 Å². The fourth-order valence-corrected chi connectivity index (χ4v) is 5.18. The highest BCUT2D eigenvalue weighted by Crippen LogP contribution is 2.46. The van der Waals surface area contributed by atoms with Gasteiger partial charge in [-0.25, -0.2) is 18.7 Å². The van der Waals surface area contributed by atoms with Crippen molar-refractivity contribution in [3.8, 4) is 11.4 Å². The number of nitrogens with one attached hydrogen (secondary N) is 2. The molecular weight excluding hydrogens is 414 g/mol. The zero-order chi connectivity index (χ0) is 21.0. The van der Waals surface area contributed by atoms with Crippen LogP contribution in [0.25, 0.3) is 22.4 Å². The summed E-state index contributed by atoms with van der Waals surface area (Å²) in [4.78, 5) is 20.4. The van der Waals surface area contributed by atoms with E-state index in [1.165, 1.54) is 6.20 Å². The van der Waals surface area contributed by atoms with E-state index in [4.69, 9.17) is 17.3 Å². The maximum atomic E-state index is 14.6. The van der Waals surface area contributed by atoms with Gasteiger partial charge in [-0.3, -0.25) is 9.89 Å². The molecule has 3 aliphatic rings. The Labute approximate surface area is 175 Å². The molecular formula is C20H19ClF2N6O. The average molecular weight is 433 g/mol. The number of fused-ring (bicyclic) bond motifs is 4. The summed E-state index contributed by atoms with van der Waals surface area (Å²) in [6.45, 7) is 0. The number of carbonyl (C=O) groups is 1. The predicted octanol–water partition coefficient (Wildman–Crippen LogP) is 3.65. The minimum absolute atomic E-state index is 0.109. The molecule has 1 unspecified atom stereocenters. The van der Waals surface area contributed by atoms with E-state index in [1.807, 2.05) is 0 Å². The molecule has 4 N–H and O–H groups in total. The number of anilines is 1. The Balaban J connectivity index is 1.55. The summed E-state index contributed by atoms with van der Waals surface area (Å²) < 4.78 is 29.3. The molecule has 2 atom stereocenters. The van der Waals surface area contributed by atoms with E-state index in [0.29, 0.717) is 16.1 Å². The highest BCUT2D eigenvalue weighted by molar-refractivity contribution is 6.31. The van der Waals surface area contributed by atoms with Gasteiger partial charge in [-0.1, -0.05) is 11.6 Å². The molecule has 3 aromatic rings. The topological polar surface area (TPSA) is 110 Å². The first-order chi connectivity index (χ1) is 14.4. The summed E-state index contributed by atoms with van der Waals surface area (Å²) in [6.07, 6.45) is 5.19. The second-order valence-electron chi connectivity index (χ2n) is 8.05. The number of aromatic nitrogens is 4. The number of nitrogens with two attached hydrogens (primary N) is 1. The molecule has 156 valence electrons. The van der Waals surface area contributed by atoms with Gasteiger partial charge < -0.3 is 11.1 Å². The average Bonchev–Trinajstić information content (AvgIpc) is 3.13. The number of rotatable bonds is 4. The summed E-state index contributed by atoms with van der Waals surface area (Å²) in [7, 11) is 0. The van der Waals surface area contributed by atoms with Crippen LogP contribution in [-0.4, -0.2) is 32.1 Å². The number of hydrogen-bond acceptors (Lipinski definition) is 5. The van der Waals surface area contributed by atoms with Crippen LogP contribution in [0.5, 0.6) is 0 Å². The highest BCUT2D eigenvalue weighted by atomic mass is 35.5. The molecule has 3 saturated carbocycles. The quantitative estimate of drug-likeness (QED) is 0.583. The van der Waals surface area contributed by atoms with Crippen molar-refractivity contribution < 1.29 is 13.6 Å². The van der Waals surface area contributed by atoms with Gasteiger partial charge in [0.05, 0.1) is 16.6 Å². The molecule has 1 amide bonds. The first-order valence-corrected chi connectivity index (χ1v) is 10.2. The Morgan fingerprint density at radius 2 is 1.90 bits per heavy atom. The van der Waals surface area contributed by atoms with Crippen LogP contribution in [0.4, 0.5) is 14.6 Å². The number of aromatic amines is 1. The number of nitrogens with zero attached hydrogens (tertiary/aromatic N) is 3. The second-order valence-corrected chi connectivity index (χ2v) is 8.48. The molecule has 3 fully saturated rings. The molecule has 3 aliphatic carbocycles. The van der Waals surface area contributed by atoms with Crippen molar-refractivity contribution in [3.05, 3.63) is 35.0 Å². The molecule has 3 aromatic heterocycles. The van der Waals surface area contributed by atoms with Crippen LogP contribution in [0.15, 0.2) is 18.3 Å². The van der Waals surface area contributed by atoms with Crippen molar-refractivity contribution in [1.82, 2.24) is 20.2 Å². The number of halogens is 3. The standard InChI is InChI=1S/C20H19ClF2N6O/c21-10-5-11-16(28-29-19(11)25-7-10)17-12(22)6-13(23)20(27-17)26-15-9-3-1-8(2-4-9)14(15)18(24)30/h5-9,14-15H,1-4H2,(H2,24,30)(H,26,27)(H,25,28,29)/t8?,9?,14-,15?/m0/s1. The van der Waals surface area contributed by atoms with Gasteiger partial charge in [-0.15, -0.1) is 0 Å². The normalized spacial score (nSPS) is 25.6. The third-order valence-corrected chi connectivity index (χ3v) is 6.60. The van der Waals surface area contributed by atoms with Crippen LogP contribution in [-0.2, 0) is 4.79 Å². The number of carbonyl (C=O) groups excluding carboxylic acids is 1. The van der Waals surface area contributed by atoms with E-state index in [9.17, 15) is 13.6 Å². The molecule has 0 saturated heterocycles. The lowest BCUT2D eigenvalue weighted by atomic mass is 9.61. The molecule has 2 bridgehead atoms. The van der Waals surface area contributed by atoms with Gasteiger partial charge in [0.15, 0.2) is 23.1 Å². The maximum absolute atomic E-state index is 14.6. The first kappa shape index (κ1) is 19.2. The summed E-state index contributed by atoms with van der Waals surface area (Å²) in [5, 5.41) is 10.6. The van der Waals surface area contributed by atoms with E-state index in [0.717, 1.165) is 31.7 Å². The molecule has 3 heterocycles. The van der Waals surface area contributed by atoms with E-state index in [-0.39, 0.29) is 35.1 Å². The van der Waals surface area contributed by atoms with Gasteiger partial charge in [0, 0.05) is 23.7 Å². The second kappa shape index (κ2) is 7.16. The lowest BCUT2D eigenvalue weighted by Crippen LogP contribution is -2.53. The Kier molecular flexibility index (Phi) is 4.57. The van der Waals surface area contributed by atoms with Crippen LogP contribution in [0, 0.1) is 29.4 Å². The maximum Gasteiger partial charge on any atom is 0.222 e. The third-order valence-electron chi connectivity index (χ3n) is 6.39. The van der Waals surface area contributed by atoms with Gasteiger partial charge in [0.2, 0.25) is 5.91 Å². The van der Waals surface area contributed by atoms with E-state index >= 15 is 0 Å². The van der Waals surface area contributed by atoms with Crippen molar-refractivity contribution in [2.24, 2.45) is 23.5 Å². The molecule has 30 heavy (non-hydrogen) atoms. The van der Waals surface area contributed by atoms with Crippen molar-refractivity contribution in [1.29, 1.82) is 0 Å². The molecule has 0 spiro atoms. The first-order valence-electron chi connectivity index (χ1n) is 9.84. The van der Waals surface area contributed by atoms with Crippen LogP contribution in [0.2, 0.25) is 5.02 Å². The Hall–Kier alpha value is -2.81. The Morgan fingerprint density at radius 1 is 1.17 bits per heavy atom. The van der Waals surface area contributed by atoms with Crippen molar-refractivity contribution in [3.63, 3.8) is 0 Å². The molecule has 7 nitrogen and oxygen atoms in total. The fraction of sp³-hybridized carbons (Fsp3) is 0.400. The van der Waals surface area contributed by atoms with Crippen LogP contribution in [0.3, 0.4) is 0 Å². The highest BCUT2D eigenvalue weighted by Gasteiger charge is 2.46.